The van der Waals surface area contributed by atoms with Crippen LogP contribution in [-0.4, -0.2) is 32.2 Å². The lowest BCUT2D eigenvalue weighted by atomic mass is 9.96. The molecule has 224 valence electrons. The number of nitrogens with zero attached hydrogens (tertiary/aromatic N) is 1. The second kappa shape index (κ2) is 12.7. The first kappa shape index (κ1) is 29.9. The summed E-state index contributed by atoms with van der Waals surface area (Å²) in [5.41, 5.74) is 3.80. The molecule has 43 heavy (non-hydrogen) atoms. The molecule has 5 rings (SSSR count). The SMILES string of the molecule is CCCCOC(=O)c1ccc(N2C(=O)c3oc4cc(C)c(C)cc4c(=O)c3C2c2ccc(OCCCC)c(OC)c2)cc1. The van der Waals surface area contributed by atoms with E-state index >= 15 is 0 Å². The van der Waals surface area contributed by atoms with E-state index < -0.39 is 17.9 Å². The van der Waals surface area contributed by atoms with Gasteiger partial charge in [-0.25, -0.2) is 4.79 Å². The van der Waals surface area contributed by atoms with Crippen molar-refractivity contribution in [3.8, 4) is 11.5 Å². The van der Waals surface area contributed by atoms with Crippen LogP contribution in [0.25, 0.3) is 11.0 Å². The Morgan fingerprint density at radius 1 is 0.884 bits per heavy atom. The smallest absolute Gasteiger partial charge is 0.338 e. The number of aryl methyl sites for hydroxylation is 2. The lowest BCUT2D eigenvalue weighted by Gasteiger charge is -2.26. The molecule has 2 heterocycles. The summed E-state index contributed by atoms with van der Waals surface area (Å²) in [5, 5.41) is 0.415. The summed E-state index contributed by atoms with van der Waals surface area (Å²) >= 11 is 0. The highest BCUT2D eigenvalue weighted by atomic mass is 16.5. The standard InChI is InChI=1S/C35H37NO7/c1-6-8-16-41-27-15-12-24(20-29(27)40-5)31-30-32(37)26-18-21(3)22(4)19-28(26)43-33(30)34(38)36(31)25-13-10-23(11-14-25)35(39)42-17-9-7-2/h10-15,18-20,31H,6-9,16-17H2,1-5H3. The molecule has 8 heteroatoms. The van der Waals surface area contributed by atoms with Crippen molar-refractivity contribution in [1.82, 2.24) is 0 Å². The van der Waals surface area contributed by atoms with E-state index in [2.05, 4.69) is 6.92 Å². The first-order chi connectivity index (χ1) is 20.8. The van der Waals surface area contributed by atoms with Crippen LogP contribution in [0.5, 0.6) is 11.5 Å². The Bertz CT molecular complexity index is 1720. The van der Waals surface area contributed by atoms with Gasteiger partial charge in [0.2, 0.25) is 5.76 Å². The zero-order valence-electron chi connectivity index (χ0n) is 25.3. The van der Waals surface area contributed by atoms with E-state index in [0.29, 0.717) is 52.5 Å². The van der Waals surface area contributed by atoms with Gasteiger partial charge in [0.15, 0.2) is 16.9 Å². The Morgan fingerprint density at radius 3 is 2.28 bits per heavy atom. The van der Waals surface area contributed by atoms with E-state index in [1.807, 2.05) is 32.9 Å². The molecule has 0 saturated heterocycles. The Kier molecular flexibility index (Phi) is 8.85. The maximum atomic E-state index is 14.1. The Hall–Kier alpha value is -4.59. The summed E-state index contributed by atoms with van der Waals surface area (Å²) in [7, 11) is 1.56. The fourth-order valence-corrected chi connectivity index (χ4v) is 5.26. The minimum absolute atomic E-state index is 0.00366. The van der Waals surface area contributed by atoms with Crippen LogP contribution in [0.15, 0.2) is 63.8 Å². The molecule has 1 aliphatic heterocycles. The number of carbonyl (C=O) groups excluding carboxylic acids is 2. The largest absolute Gasteiger partial charge is 0.493 e. The lowest BCUT2D eigenvalue weighted by Crippen LogP contribution is -2.29. The maximum Gasteiger partial charge on any atom is 0.338 e. The van der Waals surface area contributed by atoms with Gasteiger partial charge >= 0.3 is 5.97 Å². The first-order valence-electron chi connectivity index (χ1n) is 14.8. The first-order valence-corrected chi connectivity index (χ1v) is 14.8. The quantitative estimate of drug-likeness (QED) is 0.135. The second-order valence-corrected chi connectivity index (χ2v) is 10.8. The van der Waals surface area contributed by atoms with Crippen LogP contribution >= 0.6 is 0 Å². The van der Waals surface area contributed by atoms with Gasteiger partial charge in [-0.15, -0.1) is 0 Å². The average Bonchev–Trinajstić information content (AvgIpc) is 3.30. The number of hydrogen-bond acceptors (Lipinski definition) is 7. The van der Waals surface area contributed by atoms with E-state index in [-0.39, 0.29) is 16.8 Å². The third-order valence-electron chi connectivity index (χ3n) is 7.86. The monoisotopic (exact) mass is 583 g/mol. The molecule has 3 aromatic carbocycles. The van der Waals surface area contributed by atoms with Crippen molar-refractivity contribution in [2.24, 2.45) is 0 Å². The van der Waals surface area contributed by atoms with Crippen LogP contribution in [0.1, 0.15) is 88.7 Å². The molecule has 1 unspecified atom stereocenters. The van der Waals surface area contributed by atoms with Crippen molar-refractivity contribution < 1.29 is 28.2 Å². The molecular weight excluding hydrogens is 546 g/mol. The number of esters is 1. The molecule has 0 N–H and O–H groups in total. The normalized spacial score (nSPS) is 14.2. The number of hydrogen-bond donors (Lipinski definition) is 0. The number of fused-ring (bicyclic) bond motifs is 2. The van der Waals surface area contributed by atoms with Gasteiger partial charge in [0.05, 0.1) is 42.9 Å². The molecule has 0 fully saturated rings. The number of ether oxygens (including phenoxy) is 3. The predicted molar refractivity (Wildman–Crippen MR) is 166 cm³/mol. The van der Waals surface area contributed by atoms with Gasteiger partial charge in [-0.05, 0) is 91.9 Å². The molecule has 4 aromatic rings. The highest BCUT2D eigenvalue weighted by Crippen LogP contribution is 2.43. The van der Waals surface area contributed by atoms with Crippen molar-refractivity contribution in [2.45, 2.75) is 59.4 Å². The molecule has 0 spiro atoms. The third-order valence-corrected chi connectivity index (χ3v) is 7.86. The lowest BCUT2D eigenvalue weighted by molar-refractivity contribution is 0.0499. The molecular formula is C35H37NO7. The molecule has 0 saturated carbocycles. The van der Waals surface area contributed by atoms with Crippen molar-refractivity contribution in [1.29, 1.82) is 0 Å². The molecule has 1 aliphatic rings. The van der Waals surface area contributed by atoms with Crippen molar-refractivity contribution in [3.05, 3.63) is 98.4 Å². The Labute approximate surface area is 251 Å². The molecule has 1 amide bonds. The molecule has 0 radical (unpaired) electrons. The average molecular weight is 584 g/mol. The van der Waals surface area contributed by atoms with E-state index in [1.54, 1.807) is 49.6 Å². The van der Waals surface area contributed by atoms with E-state index in [0.717, 1.165) is 36.8 Å². The summed E-state index contributed by atoms with van der Waals surface area (Å²) < 4.78 is 23.1. The van der Waals surface area contributed by atoms with Crippen molar-refractivity contribution >= 4 is 28.5 Å². The topological polar surface area (TPSA) is 95.3 Å². The fraction of sp³-hybridized carbons (Fsp3) is 0.343. The summed E-state index contributed by atoms with van der Waals surface area (Å²) in [5.74, 6) is 0.202. The number of unbranched alkanes of at least 4 members (excludes halogenated alkanes) is 2. The van der Waals surface area contributed by atoms with Crippen LogP contribution in [-0.2, 0) is 4.74 Å². The van der Waals surface area contributed by atoms with Gasteiger partial charge < -0.3 is 18.6 Å². The summed E-state index contributed by atoms with van der Waals surface area (Å²) in [6, 6.07) is 14.9. The molecule has 8 nitrogen and oxygen atoms in total. The van der Waals surface area contributed by atoms with Gasteiger partial charge in [-0.3, -0.25) is 14.5 Å². The number of methoxy groups -OCH3 is 1. The van der Waals surface area contributed by atoms with Crippen LogP contribution in [0, 0.1) is 13.8 Å². The summed E-state index contributed by atoms with van der Waals surface area (Å²) in [6.45, 7) is 8.88. The molecule has 1 aromatic heterocycles. The predicted octanol–water partition coefficient (Wildman–Crippen LogP) is 7.30. The van der Waals surface area contributed by atoms with Gasteiger partial charge in [0.1, 0.15) is 5.58 Å². The second-order valence-electron chi connectivity index (χ2n) is 10.8. The number of anilines is 1. The minimum Gasteiger partial charge on any atom is -0.493 e. The highest BCUT2D eigenvalue weighted by Gasteiger charge is 2.44. The zero-order valence-corrected chi connectivity index (χ0v) is 25.3. The van der Waals surface area contributed by atoms with Crippen molar-refractivity contribution in [3.63, 3.8) is 0 Å². The van der Waals surface area contributed by atoms with E-state index in [9.17, 15) is 14.4 Å². The Balaban J connectivity index is 1.63. The van der Waals surface area contributed by atoms with Crippen LogP contribution in [0.3, 0.4) is 0 Å². The molecule has 0 aliphatic carbocycles. The van der Waals surface area contributed by atoms with Crippen LogP contribution < -0.4 is 19.8 Å². The summed E-state index contributed by atoms with van der Waals surface area (Å²) in [6.07, 6.45) is 3.60. The van der Waals surface area contributed by atoms with Gasteiger partial charge in [0.25, 0.3) is 5.91 Å². The van der Waals surface area contributed by atoms with E-state index in [4.69, 9.17) is 18.6 Å². The highest BCUT2D eigenvalue weighted by molar-refractivity contribution is 6.11. The zero-order chi connectivity index (χ0) is 30.7. The minimum atomic E-state index is -0.800. The maximum absolute atomic E-state index is 14.1. The number of rotatable bonds is 11. The third kappa shape index (κ3) is 5.74. The molecule has 1 atom stereocenters. The van der Waals surface area contributed by atoms with Crippen LogP contribution in [0.4, 0.5) is 5.69 Å². The van der Waals surface area contributed by atoms with Gasteiger partial charge in [-0.2, -0.15) is 0 Å². The van der Waals surface area contributed by atoms with Crippen molar-refractivity contribution in [2.75, 3.05) is 25.2 Å². The van der Waals surface area contributed by atoms with Crippen LogP contribution in [0.2, 0.25) is 0 Å². The van der Waals surface area contributed by atoms with E-state index in [1.165, 1.54) is 4.90 Å². The number of amides is 1. The fourth-order valence-electron chi connectivity index (χ4n) is 5.26. The van der Waals surface area contributed by atoms with Gasteiger partial charge in [-0.1, -0.05) is 32.8 Å². The number of carbonyl (C=O) groups is 2. The number of benzene rings is 3. The Morgan fingerprint density at radius 2 is 1.58 bits per heavy atom. The molecule has 0 bridgehead atoms. The summed E-state index contributed by atoms with van der Waals surface area (Å²) in [4.78, 5) is 42.2. The van der Waals surface area contributed by atoms with Gasteiger partial charge in [0, 0.05) is 5.69 Å².